The maximum atomic E-state index is 12.5. The lowest BCUT2D eigenvalue weighted by molar-refractivity contribution is -0.162. The zero-order chi connectivity index (χ0) is 19.0. The summed E-state index contributed by atoms with van der Waals surface area (Å²) in [4.78, 5) is 37.6. The monoisotopic (exact) mass is 356 g/mol. The highest BCUT2D eigenvalue weighted by molar-refractivity contribution is 6.07. The van der Waals surface area contributed by atoms with Gasteiger partial charge in [-0.15, -0.1) is 0 Å². The fourth-order valence-corrected chi connectivity index (χ4v) is 3.56. The zero-order valence-corrected chi connectivity index (χ0v) is 14.3. The van der Waals surface area contributed by atoms with Gasteiger partial charge in [-0.25, -0.2) is 4.79 Å². The molecule has 7 heteroatoms. The number of esters is 1. The molecule has 1 aromatic carbocycles. The van der Waals surface area contributed by atoms with Gasteiger partial charge in [0, 0.05) is 5.56 Å². The number of β-lactam (4-membered cyclic amide) rings is 1. The quantitative estimate of drug-likeness (QED) is 0.446. The number of nitrogens with zero attached hydrogens (tertiary/aromatic N) is 1. The number of hydrogen-bond acceptors (Lipinski definition) is 5. The summed E-state index contributed by atoms with van der Waals surface area (Å²) in [6, 6.07) is 6.23. The van der Waals surface area contributed by atoms with Crippen LogP contribution < -0.4 is 5.73 Å². The lowest BCUT2D eigenvalue weighted by Gasteiger charge is -2.44. The maximum absolute atomic E-state index is 12.5. The maximum Gasteiger partial charge on any atom is 0.355 e. The Morgan fingerprint density at radius 1 is 1.42 bits per heavy atom. The number of carbonyl (C=O) groups is 3. The lowest BCUT2D eigenvalue weighted by atomic mass is 9.82. The molecule has 7 nitrogen and oxygen atoms in total. The van der Waals surface area contributed by atoms with Crippen molar-refractivity contribution in [3.8, 4) is 0 Å². The first-order valence-electron chi connectivity index (χ1n) is 8.29. The molecule has 0 saturated carbocycles. The van der Waals surface area contributed by atoms with E-state index in [-0.39, 0.29) is 24.3 Å². The van der Waals surface area contributed by atoms with E-state index in [9.17, 15) is 19.5 Å². The predicted molar refractivity (Wildman–Crippen MR) is 93.5 cm³/mol. The summed E-state index contributed by atoms with van der Waals surface area (Å²) < 4.78 is 5.14. The largest absolute Gasteiger partial charge is 0.457 e. The molecule has 2 amide bonds. The van der Waals surface area contributed by atoms with E-state index in [2.05, 4.69) is 6.58 Å². The third kappa shape index (κ3) is 2.80. The minimum absolute atomic E-state index is 0.0305. The highest BCUT2D eigenvalue weighted by Gasteiger charge is 2.56. The predicted octanol–water partition coefficient (Wildman–Crippen LogP) is 0.837. The molecule has 3 unspecified atom stereocenters. The normalized spacial score (nSPS) is 22.5. The molecule has 0 aliphatic carbocycles. The van der Waals surface area contributed by atoms with E-state index in [0.29, 0.717) is 23.1 Å². The van der Waals surface area contributed by atoms with Gasteiger partial charge in [0.2, 0.25) is 11.8 Å². The number of nitrogens with two attached hydrogens (primary N) is 1. The average molecular weight is 356 g/mol. The van der Waals surface area contributed by atoms with Crippen LogP contribution in [-0.4, -0.2) is 46.5 Å². The van der Waals surface area contributed by atoms with Crippen molar-refractivity contribution in [3.63, 3.8) is 0 Å². The first kappa shape index (κ1) is 17.9. The smallest absolute Gasteiger partial charge is 0.355 e. The Morgan fingerprint density at radius 2 is 2.08 bits per heavy atom. The summed E-state index contributed by atoms with van der Waals surface area (Å²) >= 11 is 0. The molecule has 1 aromatic rings. The molecule has 3 rings (SSSR count). The van der Waals surface area contributed by atoms with Crippen LogP contribution in [-0.2, 0) is 14.3 Å². The number of primary amides is 1. The summed E-state index contributed by atoms with van der Waals surface area (Å²) in [5.41, 5.74) is 7.14. The second-order valence-corrected chi connectivity index (χ2v) is 6.40. The summed E-state index contributed by atoms with van der Waals surface area (Å²) in [6.07, 6.45) is 1.07. The average Bonchev–Trinajstić information content (AvgIpc) is 2.94. The van der Waals surface area contributed by atoms with Crippen molar-refractivity contribution < 1.29 is 24.2 Å². The van der Waals surface area contributed by atoms with Gasteiger partial charge >= 0.3 is 5.97 Å². The zero-order valence-electron chi connectivity index (χ0n) is 14.3. The number of amides is 2. The molecule has 0 radical (unpaired) electrons. The number of aliphatic hydroxyl groups is 1. The van der Waals surface area contributed by atoms with Gasteiger partial charge in [-0.3, -0.25) is 9.59 Å². The van der Waals surface area contributed by atoms with Crippen molar-refractivity contribution in [1.82, 2.24) is 4.90 Å². The van der Waals surface area contributed by atoms with Crippen LogP contribution in [0.2, 0.25) is 0 Å². The number of fused-ring (bicyclic) bond motifs is 1. The SMILES string of the molecule is C=CCOC(=O)C1=C(c2ccc(C(N)=O)cc2)CC2C(C(C)O)C(=O)N12. The van der Waals surface area contributed by atoms with E-state index in [1.165, 1.54) is 11.0 Å². The Balaban J connectivity index is 1.99. The van der Waals surface area contributed by atoms with E-state index < -0.39 is 23.9 Å². The molecule has 3 atom stereocenters. The Kier molecular flexibility index (Phi) is 4.65. The van der Waals surface area contributed by atoms with Gasteiger partial charge in [-0.2, -0.15) is 0 Å². The van der Waals surface area contributed by atoms with E-state index >= 15 is 0 Å². The lowest BCUT2D eigenvalue weighted by Crippen LogP contribution is -2.61. The van der Waals surface area contributed by atoms with Gasteiger partial charge in [0.1, 0.15) is 12.3 Å². The first-order valence-corrected chi connectivity index (χ1v) is 8.29. The molecular weight excluding hydrogens is 336 g/mol. The molecule has 1 saturated heterocycles. The second kappa shape index (κ2) is 6.76. The summed E-state index contributed by atoms with van der Waals surface area (Å²) in [7, 11) is 0. The summed E-state index contributed by atoms with van der Waals surface area (Å²) in [5.74, 6) is -1.99. The van der Waals surface area contributed by atoms with Gasteiger partial charge < -0.3 is 20.5 Å². The fraction of sp³-hybridized carbons (Fsp3) is 0.316. The van der Waals surface area contributed by atoms with Crippen molar-refractivity contribution in [1.29, 1.82) is 0 Å². The standard InChI is InChI=1S/C19H20N2O5/c1-3-8-26-19(25)16-13(11-4-6-12(7-5-11)17(20)23)9-14-15(10(2)22)18(24)21(14)16/h3-7,10,14-15,22H,1,8-9H2,2H3,(H2,20,23). The molecule has 0 bridgehead atoms. The number of aliphatic hydroxyl groups excluding tert-OH is 1. The van der Waals surface area contributed by atoms with Crippen molar-refractivity contribution in [2.45, 2.75) is 25.5 Å². The fourth-order valence-electron chi connectivity index (χ4n) is 3.56. The number of benzene rings is 1. The molecule has 26 heavy (non-hydrogen) atoms. The van der Waals surface area contributed by atoms with Crippen molar-refractivity contribution in [3.05, 3.63) is 53.7 Å². The van der Waals surface area contributed by atoms with Crippen molar-refractivity contribution in [2.24, 2.45) is 11.7 Å². The van der Waals surface area contributed by atoms with Gasteiger partial charge in [-0.05, 0) is 36.6 Å². The van der Waals surface area contributed by atoms with Crippen LogP contribution in [0, 0.1) is 5.92 Å². The third-order valence-corrected chi connectivity index (χ3v) is 4.77. The van der Waals surface area contributed by atoms with Gasteiger partial charge in [0.25, 0.3) is 0 Å². The molecule has 3 N–H and O–H groups in total. The van der Waals surface area contributed by atoms with E-state index in [1.54, 1.807) is 31.2 Å². The van der Waals surface area contributed by atoms with Crippen molar-refractivity contribution >= 4 is 23.4 Å². The highest BCUT2D eigenvalue weighted by Crippen LogP contribution is 2.47. The van der Waals surface area contributed by atoms with Crippen molar-refractivity contribution in [2.75, 3.05) is 6.61 Å². The number of ether oxygens (including phenoxy) is 1. The molecule has 0 spiro atoms. The first-order chi connectivity index (χ1) is 12.4. The van der Waals surface area contributed by atoms with E-state index in [1.807, 2.05) is 0 Å². The van der Waals surface area contributed by atoms with Crippen LogP contribution in [0.3, 0.4) is 0 Å². The Labute approximate surface area is 150 Å². The number of carbonyl (C=O) groups excluding carboxylic acids is 3. The van der Waals surface area contributed by atoms with Crippen LogP contribution >= 0.6 is 0 Å². The van der Waals surface area contributed by atoms with Crippen LogP contribution in [0.5, 0.6) is 0 Å². The van der Waals surface area contributed by atoms with E-state index in [4.69, 9.17) is 10.5 Å². The Hall–Kier alpha value is -2.93. The molecule has 2 heterocycles. The van der Waals surface area contributed by atoms with E-state index in [0.717, 1.165) is 0 Å². The highest BCUT2D eigenvalue weighted by atomic mass is 16.5. The number of rotatable bonds is 6. The molecule has 0 aromatic heterocycles. The van der Waals surface area contributed by atoms with Crippen LogP contribution in [0.1, 0.15) is 29.3 Å². The van der Waals surface area contributed by atoms with Crippen LogP contribution in [0.4, 0.5) is 0 Å². The van der Waals surface area contributed by atoms with Gasteiger partial charge in [-0.1, -0.05) is 24.8 Å². The third-order valence-electron chi connectivity index (χ3n) is 4.77. The summed E-state index contributed by atoms with van der Waals surface area (Å²) in [5, 5.41) is 9.86. The number of hydrogen-bond donors (Lipinski definition) is 2. The molecular formula is C19H20N2O5. The second-order valence-electron chi connectivity index (χ2n) is 6.40. The Bertz CT molecular complexity index is 810. The molecule has 136 valence electrons. The topological polar surface area (TPSA) is 110 Å². The molecule has 2 aliphatic heterocycles. The molecule has 2 aliphatic rings. The molecule has 1 fully saturated rings. The van der Waals surface area contributed by atoms with Crippen LogP contribution in [0.25, 0.3) is 5.57 Å². The van der Waals surface area contributed by atoms with Gasteiger partial charge in [0.05, 0.1) is 18.1 Å². The summed E-state index contributed by atoms with van der Waals surface area (Å²) in [6.45, 7) is 5.11. The minimum Gasteiger partial charge on any atom is -0.457 e. The Morgan fingerprint density at radius 3 is 2.62 bits per heavy atom. The van der Waals surface area contributed by atoms with Gasteiger partial charge in [0.15, 0.2) is 0 Å². The minimum atomic E-state index is -0.800. The van der Waals surface area contributed by atoms with Crippen LogP contribution in [0.15, 0.2) is 42.6 Å².